The molecule has 0 bridgehead atoms. The second-order valence-electron chi connectivity index (χ2n) is 8.60. The number of nitrogens with two attached hydrogens (primary N) is 1. The van der Waals surface area contributed by atoms with Crippen molar-refractivity contribution in [2.45, 2.75) is 76.8 Å². The van der Waals surface area contributed by atoms with Crippen molar-refractivity contribution < 1.29 is 4.84 Å². The first kappa shape index (κ1) is 18.6. The molecule has 7 heteroatoms. The molecule has 0 spiro atoms. The first-order chi connectivity index (χ1) is 14.1. The molecule has 0 amide bonds. The molecule has 2 aliphatic heterocycles. The Morgan fingerprint density at radius 3 is 2.55 bits per heavy atom. The van der Waals surface area contributed by atoms with E-state index in [2.05, 4.69) is 57.8 Å². The van der Waals surface area contributed by atoms with Gasteiger partial charge in [-0.15, -0.1) is 10.2 Å². The zero-order valence-electron chi connectivity index (χ0n) is 17.2. The maximum Gasteiger partial charge on any atom is 0.229 e. The number of aromatic nitrogens is 3. The third-order valence-electron chi connectivity index (χ3n) is 6.60. The van der Waals surface area contributed by atoms with Crippen molar-refractivity contribution in [3.63, 3.8) is 0 Å². The molecule has 2 unspecified atom stereocenters. The van der Waals surface area contributed by atoms with Crippen LogP contribution in [0.4, 0.5) is 5.95 Å². The highest BCUT2D eigenvalue weighted by atomic mass is 16.7. The summed E-state index contributed by atoms with van der Waals surface area (Å²) in [6.45, 7) is 5.16. The topological polar surface area (TPSA) is 72.4 Å². The minimum Gasteiger partial charge on any atom is -0.335 e. The third-order valence-corrected chi connectivity index (χ3v) is 6.60. The summed E-state index contributed by atoms with van der Waals surface area (Å²) in [7, 11) is 0. The minimum absolute atomic E-state index is 0.0185. The summed E-state index contributed by atoms with van der Waals surface area (Å²) in [5, 5.41) is 10.9. The van der Waals surface area contributed by atoms with Gasteiger partial charge in [0.25, 0.3) is 0 Å². The zero-order chi connectivity index (χ0) is 20.0. The first-order valence-electron chi connectivity index (χ1n) is 10.8. The number of benzene rings is 1. The van der Waals surface area contributed by atoms with Gasteiger partial charge in [0.1, 0.15) is 12.8 Å². The van der Waals surface area contributed by atoms with Crippen LogP contribution in [0.25, 0.3) is 6.08 Å². The SMILES string of the molecule is CC1CCCC(C)N1c1nnc2n1CN(O[C@@H]1CC[C@H](N)c3ccccc31)C=C2. The summed E-state index contributed by atoms with van der Waals surface area (Å²) in [5.74, 6) is 1.83. The van der Waals surface area contributed by atoms with E-state index in [9.17, 15) is 0 Å². The standard InChI is InChI=1S/C22H30N6O/c1-15-6-5-7-16(2)28(15)22-25-24-21-12-13-26(14-27(21)22)29-20-11-10-19(23)17-8-3-4-9-18(17)20/h3-4,8-9,12-13,15-16,19-20H,5-7,10-11,14,23H2,1-2H3/t15?,16?,19-,20+/m0/s1. The second-order valence-corrected chi connectivity index (χ2v) is 8.60. The Morgan fingerprint density at radius 1 is 1.00 bits per heavy atom. The van der Waals surface area contributed by atoms with E-state index in [-0.39, 0.29) is 12.1 Å². The van der Waals surface area contributed by atoms with Crippen molar-refractivity contribution in [3.8, 4) is 0 Å². The number of rotatable bonds is 3. The van der Waals surface area contributed by atoms with E-state index in [0.717, 1.165) is 24.6 Å². The number of nitrogens with zero attached hydrogens (tertiary/aromatic N) is 5. The molecule has 5 rings (SSSR count). The molecule has 2 aromatic rings. The van der Waals surface area contributed by atoms with Crippen molar-refractivity contribution in [2.75, 3.05) is 4.90 Å². The predicted octanol–water partition coefficient (Wildman–Crippen LogP) is 3.76. The lowest BCUT2D eigenvalue weighted by Crippen LogP contribution is -2.46. The fourth-order valence-corrected chi connectivity index (χ4v) is 5.03. The molecule has 3 aliphatic rings. The predicted molar refractivity (Wildman–Crippen MR) is 113 cm³/mol. The average Bonchev–Trinajstić information content (AvgIpc) is 3.13. The van der Waals surface area contributed by atoms with Crippen LogP contribution >= 0.6 is 0 Å². The van der Waals surface area contributed by atoms with E-state index >= 15 is 0 Å². The lowest BCUT2D eigenvalue weighted by atomic mass is 9.86. The van der Waals surface area contributed by atoms with Gasteiger partial charge in [0, 0.05) is 30.4 Å². The number of anilines is 1. The van der Waals surface area contributed by atoms with Crippen LogP contribution in [0.3, 0.4) is 0 Å². The first-order valence-corrected chi connectivity index (χ1v) is 10.8. The Kier molecular flexibility index (Phi) is 4.80. The molecule has 1 fully saturated rings. The third kappa shape index (κ3) is 3.32. The summed E-state index contributed by atoms with van der Waals surface area (Å²) in [6.07, 6.45) is 9.50. The van der Waals surface area contributed by atoms with E-state index in [4.69, 9.17) is 10.6 Å². The fraction of sp³-hybridized carbons (Fsp3) is 0.545. The number of fused-ring (bicyclic) bond motifs is 2. The van der Waals surface area contributed by atoms with Crippen molar-refractivity contribution in [1.29, 1.82) is 0 Å². The summed E-state index contributed by atoms with van der Waals surface area (Å²) in [5.41, 5.74) is 8.71. The van der Waals surface area contributed by atoms with E-state index in [1.807, 2.05) is 17.3 Å². The molecule has 2 N–H and O–H groups in total. The Bertz CT molecular complexity index is 898. The highest BCUT2D eigenvalue weighted by Crippen LogP contribution is 2.38. The molecule has 0 radical (unpaired) electrons. The number of hydrogen-bond donors (Lipinski definition) is 1. The van der Waals surface area contributed by atoms with Crippen molar-refractivity contribution in [3.05, 3.63) is 47.4 Å². The number of hydroxylamine groups is 2. The zero-order valence-corrected chi connectivity index (χ0v) is 17.2. The van der Waals surface area contributed by atoms with Crippen LogP contribution in [0, 0.1) is 0 Å². The molecule has 3 heterocycles. The molecule has 1 saturated heterocycles. The molecule has 7 nitrogen and oxygen atoms in total. The van der Waals surface area contributed by atoms with Crippen molar-refractivity contribution in [1.82, 2.24) is 19.8 Å². The van der Waals surface area contributed by atoms with Gasteiger partial charge in [-0.05, 0) is 57.1 Å². The van der Waals surface area contributed by atoms with Gasteiger partial charge in [-0.3, -0.25) is 9.40 Å². The molecule has 0 saturated carbocycles. The van der Waals surface area contributed by atoms with Gasteiger partial charge in [-0.2, -0.15) is 0 Å². The molecular formula is C22H30N6O. The van der Waals surface area contributed by atoms with Gasteiger partial charge in [-0.1, -0.05) is 24.3 Å². The quantitative estimate of drug-likeness (QED) is 0.855. The number of hydrogen-bond acceptors (Lipinski definition) is 6. The van der Waals surface area contributed by atoms with Gasteiger partial charge < -0.3 is 10.6 Å². The molecule has 1 aromatic carbocycles. The molecule has 4 atom stereocenters. The van der Waals surface area contributed by atoms with Crippen LogP contribution in [-0.4, -0.2) is 31.9 Å². The van der Waals surface area contributed by atoms with Gasteiger partial charge in [0.15, 0.2) is 5.82 Å². The minimum atomic E-state index is 0.0185. The largest absolute Gasteiger partial charge is 0.335 e. The Hall–Kier alpha value is -2.38. The van der Waals surface area contributed by atoms with Crippen molar-refractivity contribution >= 4 is 12.0 Å². The average molecular weight is 395 g/mol. The van der Waals surface area contributed by atoms with E-state index in [1.54, 1.807) is 0 Å². The summed E-state index contributed by atoms with van der Waals surface area (Å²) in [4.78, 5) is 8.85. The lowest BCUT2D eigenvalue weighted by Gasteiger charge is -2.40. The Balaban J connectivity index is 1.37. The number of piperidine rings is 1. The van der Waals surface area contributed by atoms with Gasteiger partial charge in [0.05, 0.1) is 0 Å². The Morgan fingerprint density at radius 2 is 1.76 bits per heavy atom. The Labute approximate surface area is 172 Å². The van der Waals surface area contributed by atoms with Gasteiger partial charge in [-0.25, -0.2) is 5.06 Å². The van der Waals surface area contributed by atoms with Crippen LogP contribution < -0.4 is 10.6 Å². The van der Waals surface area contributed by atoms with Gasteiger partial charge >= 0.3 is 0 Å². The second kappa shape index (κ2) is 7.46. The highest BCUT2D eigenvalue weighted by Gasteiger charge is 2.32. The maximum atomic E-state index is 6.43. The van der Waals surface area contributed by atoms with Crippen LogP contribution in [0.15, 0.2) is 30.5 Å². The smallest absolute Gasteiger partial charge is 0.229 e. The van der Waals surface area contributed by atoms with E-state index in [0.29, 0.717) is 18.8 Å². The van der Waals surface area contributed by atoms with Crippen LogP contribution in [0.5, 0.6) is 0 Å². The van der Waals surface area contributed by atoms with Gasteiger partial charge in [0.2, 0.25) is 5.95 Å². The van der Waals surface area contributed by atoms with E-state index in [1.165, 1.54) is 30.4 Å². The molecular weight excluding hydrogens is 364 g/mol. The molecule has 1 aliphatic carbocycles. The summed E-state index contributed by atoms with van der Waals surface area (Å²) in [6, 6.07) is 9.42. The molecule has 1 aromatic heterocycles. The van der Waals surface area contributed by atoms with Crippen LogP contribution in [0.1, 0.15) is 75.0 Å². The van der Waals surface area contributed by atoms with Crippen molar-refractivity contribution in [2.24, 2.45) is 5.73 Å². The summed E-state index contributed by atoms with van der Waals surface area (Å²) >= 11 is 0. The molecule has 154 valence electrons. The van der Waals surface area contributed by atoms with Crippen LogP contribution in [0.2, 0.25) is 0 Å². The van der Waals surface area contributed by atoms with Crippen LogP contribution in [-0.2, 0) is 11.5 Å². The normalized spacial score (nSPS) is 28.9. The molecule has 29 heavy (non-hydrogen) atoms. The lowest BCUT2D eigenvalue weighted by molar-refractivity contribution is -0.190. The monoisotopic (exact) mass is 394 g/mol. The fourth-order valence-electron chi connectivity index (χ4n) is 5.03. The highest BCUT2D eigenvalue weighted by molar-refractivity contribution is 5.47. The maximum absolute atomic E-state index is 6.43. The summed E-state index contributed by atoms with van der Waals surface area (Å²) < 4.78 is 2.17. The van der Waals surface area contributed by atoms with E-state index < -0.39 is 0 Å².